The Balaban J connectivity index is 1.75. The van der Waals surface area contributed by atoms with Crippen LogP contribution in [0.1, 0.15) is 28.2 Å². The quantitative estimate of drug-likeness (QED) is 0.942. The molecule has 1 atom stereocenters. The molecule has 22 heavy (non-hydrogen) atoms. The van der Waals surface area contributed by atoms with Gasteiger partial charge in [-0.25, -0.2) is 0 Å². The normalized spacial score (nSPS) is 18.4. The molecule has 2 aromatic heterocycles. The van der Waals surface area contributed by atoms with Crippen LogP contribution in [0.2, 0.25) is 0 Å². The Labute approximate surface area is 132 Å². The zero-order valence-corrected chi connectivity index (χ0v) is 13.0. The Morgan fingerprint density at radius 3 is 2.91 bits per heavy atom. The molecule has 0 aromatic carbocycles. The highest BCUT2D eigenvalue weighted by molar-refractivity contribution is 7.09. The first kappa shape index (κ1) is 14.8. The van der Waals surface area contributed by atoms with Gasteiger partial charge in [0.15, 0.2) is 0 Å². The first-order chi connectivity index (χ1) is 10.6. The lowest BCUT2D eigenvalue weighted by Gasteiger charge is -2.31. The second-order valence-corrected chi connectivity index (χ2v) is 6.56. The molecule has 1 fully saturated rings. The van der Waals surface area contributed by atoms with E-state index in [1.165, 1.54) is 4.88 Å². The van der Waals surface area contributed by atoms with Gasteiger partial charge in [0.05, 0.1) is 12.5 Å². The van der Waals surface area contributed by atoms with Crippen molar-refractivity contribution in [3.8, 4) is 0 Å². The molecule has 3 heterocycles. The standard InChI is InChI=1S/C16H18N2O3S/c19-15(18-8-1-4-12(10-18)16(20)21)14-6-2-7-17(14)11-13-5-3-9-22-13/h2-3,5-7,9,12H,1,4,8,10-11H2,(H,20,21). The summed E-state index contributed by atoms with van der Waals surface area (Å²) in [4.78, 5) is 26.7. The van der Waals surface area contributed by atoms with E-state index in [2.05, 4.69) is 0 Å². The van der Waals surface area contributed by atoms with Crippen LogP contribution in [0.15, 0.2) is 35.8 Å². The Morgan fingerprint density at radius 2 is 2.18 bits per heavy atom. The summed E-state index contributed by atoms with van der Waals surface area (Å²) in [6.45, 7) is 1.60. The van der Waals surface area contributed by atoms with Crippen molar-refractivity contribution in [2.24, 2.45) is 5.92 Å². The molecule has 1 saturated heterocycles. The lowest BCUT2D eigenvalue weighted by Crippen LogP contribution is -2.42. The minimum Gasteiger partial charge on any atom is -0.481 e. The number of carboxylic acid groups (broad SMARTS) is 1. The average molecular weight is 318 g/mol. The zero-order valence-electron chi connectivity index (χ0n) is 12.1. The SMILES string of the molecule is O=C(O)C1CCCN(C(=O)c2cccn2Cc2cccs2)C1. The highest BCUT2D eigenvalue weighted by Crippen LogP contribution is 2.20. The third-order valence-corrected chi connectivity index (χ3v) is 4.87. The highest BCUT2D eigenvalue weighted by Gasteiger charge is 2.29. The van der Waals surface area contributed by atoms with E-state index >= 15 is 0 Å². The fourth-order valence-corrected chi connectivity index (χ4v) is 3.54. The van der Waals surface area contributed by atoms with Crippen molar-refractivity contribution in [2.45, 2.75) is 19.4 Å². The molecule has 1 aliphatic heterocycles. The van der Waals surface area contributed by atoms with Gasteiger partial charge in [-0.05, 0) is 36.4 Å². The molecule has 5 nitrogen and oxygen atoms in total. The first-order valence-electron chi connectivity index (χ1n) is 7.35. The van der Waals surface area contributed by atoms with E-state index in [-0.39, 0.29) is 5.91 Å². The van der Waals surface area contributed by atoms with E-state index in [1.807, 2.05) is 34.3 Å². The lowest BCUT2D eigenvalue weighted by atomic mass is 9.98. The van der Waals surface area contributed by atoms with Crippen LogP contribution in [-0.2, 0) is 11.3 Å². The average Bonchev–Trinajstić information content (AvgIpc) is 3.19. The summed E-state index contributed by atoms with van der Waals surface area (Å²) in [5.74, 6) is -1.34. The van der Waals surface area contributed by atoms with Crippen LogP contribution in [0, 0.1) is 5.92 Å². The maximum atomic E-state index is 12.7. The number of carbonyl (C=O) groups excluding carboxylic acids is 1. The van der Waals surface area contributed by atoms with Crippen LogP contribution in [-0.4, -0.2) is 39.5 Å². The summed E-state index contributed by atoms with van der Waals surface area (Å²) in [6.07, 6.45) is 3.29. The fraction of sp³-hybridized carbons (Fsp3) is 0.375. The van der Waals surface area contributed by atoms with Gasteiger partial charge >= 0.3 is 5.97 Å². The van der Waals surface area contributed by atoms with E-state index in [1.54, 1.807) is 22.3 Å². The number of likely N-dealkylation sites (tertiary alicyclic amines) is 1. The summed E-state index contributed by atoms with van der Waals surface area (Å²) in [7, 11) is 0. The smallest absolute Gasteiger partial charge is 0.308 e. The molecule has 0 radical (unpaired) electrons. The van der Waals surface area contributed by atoms with Gasteiger partial charge in [-0.1, -0.05) is 6.07 Å². The van der Waals surface area contributed by atoms with Crippen LogP contribution < -0.4 is 0 Å². The number of aromatic nitrogens is 1. The van der Waals surface area contributed by atoms with E-state index in [4.69, 9.17) is 5.11 Å². The van der Waals surface area contributed by atoms with Crippen molar-refractivity contribution in [1.29, 1.82) is 0 Å². The van der Waals surface area contributed by atoms with E-state index in [9.17, 15) is 9.59 Å². The largest absolute Gasteiger partial charge is 0.481 e. The second kappa shape index (κ2) is 6.36. The van der Waals surface area contributed by atoms with E-state index in [0.29, 0.717) is 31.7 Å². The van der Waals surface area contributed by atoms with Crippen molar-refractivity contribution in [1.82, 2.24) is 9.47 Å². The van der Waals surface area contributed by atoms with Crippen LogP contribution in [0.3, 0.4) is 0 Å². The van der Waals surface area contributed by atoms with E-state index < -0.39 is 11.9 Å². The number of amides is 1. The number of piperidine rings is 1. The topological polar surface area (TPSA) is 62.5 Å². The summed E-state index contributed by atoms with van der Waals surface area (Å²) in [6, 6.07) is 7.70. The summed E-state index contributed by atoms with van der Waals surface area (Å²) < 4.78 is 1.93. The minimum absolute atomic E-state index is 0.0764. The number of thiophene rings is 1. The molecule has 0 bridgehead atoms. The Kier molecular flexibility index (Phi) is 4.29. The summed E-state index contributed by atoms with van der Waals surface area (Å²) in [5.41, 5.74) is 0.624. The van der Waals surface area contributed by atoms with Crippen molar-refractivity contribution < 1.29 is 14.7 Å². The molecule has 3 rings (SSSR count). The number of carbonyl (C=O) groups is 2. The molecule has 1 aliphatic rings. The molecular weight excluding hydrogens is 300 g/mol. The van der Waals surface area contributed by atoms with Crippen molar-refractivity contribution >= 4 is 23.2 Å². The molecule has 116 valence electrons. The van der Waals surface area contributed by atoms with Crippen molar-refractivity contribution in [3.05, 3.63) is 46.4 Å². The maximum Gasteiger partial charge on any atom is 0.308 e. The van der Waals surface area contributed by atoms with Gasteiger partial charge in [0, 0.05) is 24.2 Å². The zero-order chi connectivity index (χ0) is 15.5. The predicted octanol–water partition coefficient (Wildman–Crippen LogP) is 2.53. The number of carboxylic acids is 1. The van der Waals surface area contributed by atoms with Crippen LogP contribution >= 0.6 is 11.3 Å². The number of aliphatic carboxylic acids is 1. The lowest BCUT2D eigenvalue weighted by molar-refractivity contribution is -0.143. The molecule has 6 heteroatoms. The number of nitrogens with zero attached hydrogens (tertiary/aromatic N) is 2. The number of rotatable bonds is 4. The van der Waals surface area contributed by atoms with Crippen LogP contribution in [0.25, 0.3) is 0 Å². The van der Waals surface area contributed by atoms with Gasteiger partial charge in [0.25, 0.3) is 5.91 Å². The number of hydrogen-bond acceptors (Lipinski definition) is 3. The molecule has 0 spiro atoms. The molecule has 1 amide bonds. The van der Waals surface area contributed by atoms with Gasteiger partial charge < -0.3 is 14.6 Å². The van der Waals surface area contributed by atoms with Gasteiger partial charge in [-0.15, -0.1) is 11.3 Å². The molecule has 0 saturated carbocycles. The minimum atomic E-state index is -0.813. The van der Waals surface area contributed by atoms with Crippen molar-refractivity contribution in [2.75, 3.05) is 13.1 Å². The Hall–Kier alpha value is -2.08. The molecular formula is C16H18N2O3S. The third-order valence-electron chi connectivity index (χ3n) is 4.01. The molecule has 1 N–H and O–H groups in total. The van der Waals surface area contributed by atoms with Gasteiger partial charge in [-0.3, -0.25) is 9.59 Å². The van der Waals surface area contributed by atoms with Gasteiger partial charge in [-0.2, -0.15) is 0 Å². The van der Waals surface area contributed by atoms with Crippen molar-refractivity contribution in [3.63, 3.8) is 0 Å². The van der Waals surface area contributed by atoms with Gasteiger partial charge in [0.2, 0.25) is 0 Å². The molecule has 2 aromatic rings. The fourth-order valence-electron chi connectivity index (χ4n) is 2.84. The van der Waals surface area contributed by atoms with Crippen LogP contribution in [0.5, 0.6) is 0 Å². The summed E-state index contributed by atoms with van der Waals surface area (Å²) in [5, 5.41) is 11.2. The van der Waals surface area contributed by atoms with Gasteiger partial charge in [0.1, 0.15) is 5.69 Å². The monoisotopic (exact) mass is 318 g/mol. The Bertz CT molecular complexity index is 663. The summed E-state index contributed by atoms with van der Waals surface area (Å²) >= 11 is 1.66. The molecule has 1 unspecified atom stereocenters. The number of hydrogen-bond donors (Lipinski definition) is 1. The second-order valence-electron chi connectivity index (χ2n) is 5.53. The predicted molar refractivity (Wildman–Crippen MR) is 84.1 cm³/mol. The first-order valence-corrected chi connectivity index (χ1v) is 8.22. The van der Waals surface area contributed by atoms with E-state index in [0.717, 1.165) is 6.42 Å². The maximum absolute atomic E-state index is 12.7. The third kappa shape index (κ3) is 3.06. The highest BCUT2D eigenvalue weighted by atomic mass is 32.1. The van der Waals surface area contributed by atoms with Crippen LogP contribution in [0.4, 0.5) is 0 Å². The Morgan fingerprint density at radius 1 is 1.32 bits per heavy atom. The molecule has 0 aliphatic carbocycles.